The van der Waals surface area contributed by atoms with Gasteiger partial charge in [-0.2, -0.15) is 0 Å². The first kappa shape index (κ1) is 6.10. The van der Waals surface area contributed by atoms with Crippen LogP contribution in [-0.4, -0.2) is 21.7 Å². The van der Waals surface area contributed by atoms with Gasteiger partial charge in [-0.05, 0) is 0 Å². The van der Waals surface area contributed by atoms with E-state index in [-0.39, 0.29) is 0 Å². The Morgan fingerprint density at radius 3 is 3.00 bits per heavy atom. The van der Waals surface area contributed by atoms with Gasteiger partial charge in [-0.15, -0.1) is 15.3 Å². The van der Waals surface area contributed by atoms with Crippen LogP contribution in [0.1, 0.15) is 5.69 Å². The summed E-state index contributed by atoms with van der Waals surface area (Å²) in [7, 11) is 0. The molecule has 0 radical (unpaired) electrons. The van der Waals surface area contributed by atoms with Crippen molar-refractivity contribution in [3.63, 3.8) is 0 Å². The van der Waals surface area contributed by atoms with E-state index in [1.165, 1.54) is 12.5 Å². The van der Waals surface area contributed by atoms with E-state index in [0.29, 0.717) is 5.69 Å². The van der Waals surface area contributed by atoms with Crippen LogP contribution < -0.4 is 5.73 Å². The summed E-state index contributed by atoms with van der Waals surface area (Å²) in [6, 6.07) is 0. The van der Waals surface area contributed by atoms with Gasteiger partial charge >= 0.3 is 0 Å². The monoisotopic (exact) mass is 151 g/mol. The maximum Gasteiger partial charge on any atom is 0.270 e. The summed E-state index contributed by atoms with van der Waals surface area (Å²) in [5, 5.41) is 16.9. The molecule has 56 valence electrons. The van der Waals surface area contributed by atoms with Crippen LogP contribution in [0.3, 0.4) is 0 Å². The molecule has 1 atom stereocenters. The first-order valence-corrected chi connectivity index (χ1v) is 2.93. The van der Waals surface area contributed by atoms with Crippen LogP contribution in [0.4, 0.5) is 0 Å². The van der Waals surface area contributed by atoms with Crippen molar-refractivity contribution >= 4 is 6.34 Å². The summed E-state index contributed by atoms with van der Waals surface area (Å²) in [6.45, 7) is 0. The van der Waals surface area contributed by atoms with Crippen molar-refractivity contribution in [1.29, 1.82) is 0 Å². The van der Waals surface area contributed by atoms with Crippen molar-refractivity contribution in [3.05, 3.63) is 11.9 Å². The van der Waals surface area contributed by atoms with E-state index in [2.05, 4.69) is 30.6 Å². The van der Waals surface area contributed by atoms with Crippen LogP contribution in [0.15, 0.2) is 21.4 Å². The third-order valence-electron chi connectivity index (χ3n) is 1.31. The average molecular weight is 151 g/mol. The molecule has 0 aliphatic carbocycles. The third-order valence-corrected chi connectivity index (χ3v) is 1.31. The Morgan fingerprint density at radius 2 is 2.45 bits per heavy atom. The first-order chi connectivity index (χ1) is 5.31. The highest BCUT2D eigenvalue weighted by atomic mass is 15.4. The van der Waals surface area contributed by atoms with E-state index < -0.39 is 5.79 Å². The van der Waals surface area contributed by atoms with Gasteiger partial charge in [0.25, 0.3) is 5.79 Å². The molecule has 0 saturated heterocycles. The molecule has 0 fully saturated rings. The third kappa shape index (κ3) is 0.819. The largest absolute Gasteiger partial charge is 0.281 e. The fourth-order valence-electron chi connectivity index (χ4n) is 0.752. The highest BCUT2D eigenvalue weighted by Crippen LogP contribution is 2.20. The van der Waals surface area contributed by atoms with Crippen LogP contribution in [0, 0.1) is 0 Å². The smallest absolute Gasteiger partial charge is 0.270 e. The molecule has 2 rings (SSSR count). The van der Waals surface area contributed by atoms with Gasteiger partial charge < -0.3 is 0 Å². The lowest BCUT2D eigenvalue weighted by Gasteiger charge is -2.09. The number of azo groups is 1. The molecule has 1 aromatic heterocycles. The lowest BCUT2D eigenvalue weighted by atomic mass is 10.3. The Kier molecular flexibility index (Phi) is 1.07. The fraction of sp³-hybridized carbons (Fsp3) is 0.250. The number of H-pyrrole nitrogens is 1. The van der Waals surface area contributed by atoms with E-state index in [1.807, 2.05) is 0 Å². The number of nitrogens with zero attached hydrogens (tertiary/aromatic N) is 5. The number of aliphatic imine (C=N–C) groups is 1. The zero-order valence-corrected chi connectivity index (χ0v) is 5.47. The molecule has 0 saturated carbocycles. The van der Waals surface area contributed by atoms with E-state index >= 15 is 0 Å². The van der Waals surface area contributed by atoms with Crippen LogP contribution in [0.5, 0.6) is 0 Å². The molecule has 2 heterocycles. The number of nitrogens with one attached hydrogen (secondary N) is 1. The van der Waals surface area contributed by atoms with Crippen LogP contribution in [0.25, 0.3) is 0 Å². The van der Waals surface area contributed by atoms with E-state index in [9.17, 15) is 0 Å². The molecular weight excluding hydrogens is 146 g/mol. The number of nitrogens with two attached hydrogens (primary N) is 1. The number of aromatic nitrogens is 3. The van der Waals surface area contributed by atoms with Gasteiger partial charge in [0, 0.05) is 0 Å². The maximum atomic E-state index is 5.64. The second-order valence-corrected chi connectivity index (χ2v) is 2.04. The SMILES string of the molecule is NC1(c2c[nH]nn2)N=CN=N1. The minimum Gasteiger partial charge on any atom is -0.281 e. The van der Waals surface area contributed by atoms with Gasteiger partial charge in [0.15, 0.2) is 0 Å². The molecular formula is C4H5N7. The van der Waals surface area contributed by atoms with E-state index in [0.717, 1.165) is 0 Å². The molecule has 3 N–H and O–H groups in total. The molecule has 1 aromatic rings. The van der Waals surface area contributed by atoms with E-state index in [4.69, 9.17) is 5.73 Å². The summed E-state index contributed by atoms with van der Waals surface area (Å²) >= 11 is 0. The van der Waals surface area contributed by atoms with Crippen molar-refractivity contribution in [3.8, 4) is 0 Å². The molecule has 0 aromatic carbocycles. The second kappa shape index (κ2) is 1.92. The Morgan fingerprint density at radius 1 is 1.55 bits per heavy atom. The zero-order valence-electron chi connectivity index (χ0n) is 5.47. The van der Waals surface area contributed by atoms with Crippen molar-refractivity contribution in [1.82, 2.24) is 15.4 Å². The second-order valence-electron chi connectivity index (χ2n) is 2.04. The molecule has 7 heteroatoms. The normalized spacial score (nSPS) is 28.1. The summed E-state index contributed by atoms with van der Waals surface area (Å²) in [6.07, 6.45) is 2.82. The summed E-state index contributed by atoms with van der Waals surface area (Å²) < 4.78 is 0. The fourth-order valence-corrected chi connectivity index (χ4v) is 0.752. The predicted molar refractivity (Wildman–Crippen MR) is 35.6 cm³/mol. The average Bonchev–Trinajstić information content (AvgIpc) is 2.55. The molecule has 1 aliphatic rings. The van der Waals surface area contributed by atoms with Crippen LogP contribution in [-0.2, 0) is 5.79 Å². The highest BCUT2D eigenvalue weighted by molar-refractivity contribution is 5.57. The van der Waals surface area contributed by atoms with Gasteiger partial charge in [0.05, 0.1) is 6.20 Å². The maximum absolute atomic E-state index is 5.64. The van der Waals surface area contributed by atoms with Gasteiger partial charge in [0.2, 0.25) is 0 Å². The lowest BCUT2D eigenvalue weighted by molar-refractivity contribution is 0.476. The van der Waals surface area contributed by atoms with Gasteiger partial charge in [0.1, 0.15) is 12.0 Å². The molecule has 0 spiro atoms. The molecule has 0 bridgehead atoms. The molecule has 0 amide bonds. The van der Waals surface area contributed by atoms with Crippen LogP contribution in [0.2, 0.25) is 0 Å². The van der Waals surface area contributed by atoms with Gasteiger partial charge in [-0.3, -0.25) is 10.8 Å². The number of hydrogen-bond acceptors (Lipinski definition) is 6. The Bertz CT molecular complexity index is 284. The minimum absolute atomic E-state index is 0.454. The summed E-state index contributed by atoms with van der Waals surface area (Å²) in [5.41, 5.74) is 6.10. The summed E-state index contributed by atoms with van der Waals surface area (Å²) in [4.78, 5) is 3.81. The Hall–Kier alpha value is -1.63. The number of aromatic amines is 1. The highest BCUT2D eigenvalue weighted by Gasteiger charge is 2.30. The molecule has 7 nitrogen and oxygen atoms in total. The van der Waals surface area contributed by atoms with Crippen molar-refractivity contribution in [2.75, 3.05) is 0 Å². The Labute approximate surface area is 61.4 Å². The molecule has 11 heavy (non-hydrogen) atoms. The lowest BCUT2D eigenvalue weighted by Crippen LogP contribution is -2.30. The van der Waals surface area contributed by atoms with Crippen molar-refractivity contribution in [2.45, 2.75) is 5.79 Å². The van der Waals surface area contributed by atoms with Gasteiger partial charge in [-0.1, -0.05) is 5.21 Å². The molecule has 1 aliphatic heterocycles. The van der Waals surface area contributed by atoms with Crippen molar-refractivity contribution in [2.24, 2.45) is 21.0 Å². The standard InChI is InChI=1S/C4H5N7/c5-4(6-2-8-10-4)3-1-7-11-9-3/h1-2H,5H2,(H,7,9,11). The summed E-state index contributed by atoms with van der Waals surface area (Å²) in [5.74, 6) is -1.16. The topological polar surface area (TPSA) is 105 Å². The Balaban J connectivity index is 2.43. The number of rotatable bonds is 1. The van der Waals surface area contributed by atoms with Gasteiger partial charge in [-0.25, -0.2) is 4.99 Å². The van der Waals surface area contributed by atoms with E-state index in [1.54, 1.807) is 0 Å². The number of hydrogen-bond donors (Lipinski definition) is 2. The first-order valence-electron chi connectivity index (χ1n) is 2.93. The minimum atomic E-state index is -1.16. The van der Waals surface area contributed by atoms with Crippen molar-refractivity contribution < 1.29 is 0 Å². The molecule has 1 unspecified atom stereocenters. The quantitative estimate of drug-likeness (QED) is 0.558. The zero-order chi connectivity index (χ0) is 7.73. The van der Waals surface area contributed by atoms with Crippen LogP contribution >= 0.6 is 0 Å². The predicted octanol–water partition coefficient (Wildman–Crippen LogP) is -0.632.